The van der Waals surface area contributed by atoms with Crippen molar-refractivity contribution in [1.29, 1.82) is 0 Å². The minimum Gasteiger partial charge on any atom is -0.482 e. The standard InChI is InChI=1S/C18H20ClN3O2/c19-16-7-3-4-8-17(16)24-13-18(23)21-20-11-14-9-10-22(12-14)15-5-1-2-6-15/h3-4,7-12,15H,1-2,5-6,13H2,(H,21,23)/b20-11+. The van der Waals surface area contributed by atoms with E-state index >= 15 is 0 Å². The molecule has 1 aliphatic rings. The second-order valence-corrected chi connectivity index (χ2v) is 6.25. The quantitative estimate of drug-likeness (QED) is 0.639. The molecule has 6 heteroatoms. The van der Waals surface area contributed by atoms with Gasteiger partial charge in [-0.2, -0.15) is 5.10 Å². The Bertz CT molecular complexity index is 721. The van der Waals surface area contributed by atoms with Crippen LogP contribution < -0.4 is 10.2 Å². The van der Waals surface area contributed by atoms with Crippen molar-refractivity contribution in [2.75, 3.05) is 6.61 Å². The maximum atomic E-state index is 11.7. The Labute approximate surface area is 146 Å². The molecule has 0 radical (unpaired) electrons. The van der Waals surface area contributed by atoms with Gasteiger partial charge >= 0.3 is 0 Å². The number of para-hydroxylation sites is 1. The largest absolute Gasteiger partial charge is 0.482 e. The first-order chi connectivity index (χ1) is 11.7. The van der Waals surface area contributed by atoms with Gasteiger partial charge in [0.2, 0.25) is 0 Å². The molecule has 126 valence electrons. The van der Waals surface area contributed by atoms with Crippen molar-refractivity contribution in [3.63, 3.8) is 0 Å². The van der Waals surface area contributed by atoms with Gasteiger partial charge in [-0.05, 0) is 31.0 Å². The third-order valence-corrected chi connectivity index (χ3v) is 4.39. The molecule has 0 saturated heterocycles. The molecule has 0 atom stereocenters. The monoisotopic (exact) mass is 345 g/mol. The van der Waals surface area contributed by atoms with Crippen molar-refractivity contribution in [3.8, 4) is 5.75 Å². The first-order valence-electron chi connectivity index (χ1n) is 8.09. The minimum absolute atomic E-state index is 0.135. The second kappa shape index (κ2) is 8.02. The average molecular weight is 346 g/mol. The fourth-order valence-corrected chi connectivity index (χ4v) is 3.04. The normalized spacial score (nSPS) is 15.0. The number of hydrogen-bond donors (Lipinski definition) is 1. The van der Waals surface area contributed by atoms with Gasteiger partial charge in [0, 0.05) is 24.0 Å². The summed E-state index contributed by atoms with van der Waals surface area (Å²) >= 11 is 5.96. The number of nitrogens with zero attached hydrogens (tertiary/aromatic N) is 2. The zero-order valence-corrected chi connectivity index (χ0v) is 14.1. The smallest absolute Gasteiger partial charge is 0.277 e. The molecule has 0 spiro atoms. The Balaban J connectivity index is 1.45. The van der Waals surface area contributed by atoms with Crippen LogP contribution in [0, 0.1) is 0 Å². The van der Waals surface area contributed by atoms with E-state index in [1.807, 2.05) is 6.07 Å². The molecule has 2 aromatic rings. The predicted octanol–water partition coefficient (Wildman–Crippen LogP) is 3.79. The Morgan fingerprint density at radius 1 is 1.33 bits per heavy atom. The topological polar surface area (TPSA) is 55.6 Å². The van der Waals surface area contributed by atoms with Crippen LogP contribution in [0.2, 0.25) is 5.02 Å². The molecule has 0 unspecified atom stereocenters. The van der Waals surface area contributed by atoms with E-state index in [9.17, 15) is 4.79 Å². The number of carbonyl (C=O) groups excluding carboxylic acids is 1. The fourth-order valence-electron chi connectivity index (χ4n) is 2.85. The third kappa shape index (κ3) is 4.38. The lowest BCUT2D eigenvalue weighted by atomic mass is 10.2. The second-order valence-electron chi connectivity index (χ2n) is 5.84. The summed E-state index contributed by atoms with van der Waals surface area (Å²) in [5.74, 6) is 0.147. The van der Waals surface area contributed by atoms with Crippen molar-refractivity contribution < 1.29 is 9.53 Å². The fraction of sp³-hybridized carbons (Fsp3) is 0.333. The highest BCUT2D eigenvalue weighted by Crippen LogP contribution is 2.29. The van der Waals surface area contributed by atoms with E-state index in [2.05, 4.69) is 27.5 Å². The number of hydrogen-bond acceptors (Lipinski definition) is 3. The summed E-state index contributed by atoms with van der Waals surface area (Å²) in [4.78, 5) is 11.7. The van der Waals surface area contributed by atoms with E-state index in [0.29, 0.717) is 16.8 Å². The number of hydrazone groups is 1. The van der Waals surface area contributed by atoms with Crippen LogP contribution in [0.3, 0.4) is 0 Å². The van der Waals surface area contributed by atoms with Crippen LogP contribution in [0.25, 0.3) is 0 Å². The molecule has 5 nitrogen and oxygen atoms in total. The molecule has 0 bridgehead atoms. The van der Waals surface area contributed by atoms with Crippen LogP contribution >= 0.6 is 11.6 Å². The zero-order valence-electron chi connectivity index (χ0n) is 13.3. The summed E-state index contributed by atoms with van der Waals surface area (Å²) in [6, 6.07) is 9.62. The maximum Gasteiger partial charge on any atom is 0.277 e. The lowest BCUT2D eigenvalue weighted by molar-refractivity contribution is -0.123. The molecule has 1 heterocycles. The molecule has 1 N–H and O–H groups in total. The summed E-state index contributed by atoms with van der Waals surface area (Å²) in [6.45, 7) is -0.135. The van der Waals surface area contributed by atoms with Gasteiger partial charge in [-0.25, -0.2) is 5.43 Å². The van der Waals surface area contributed by atoms with Crippen molar-refractivity contribution >= 4 is 23.7 Å². The Morgan fingerprint density at radius 3 is 2.92 bits per heavy atom. The first-order valence-corrected chi connectivity index (χ1v) is 8.47. The van der Waals surface area contributed by atoms with Crippen LogP contribution in [0.4, 0.5) is 0 Å². The summed E-state index contributed by atoms with van der Waals surface area (Å²) in [5.41, 5.74) is 3.42. The van der Waals surface area contributed by atoms with Gasteiger partial charge in [-0.15, -0.1) is 0 Å². The highest BCUT2D eigenvalue weighted by molar-refractivity contribution is 6.32. The third-order valence-electron chi connectivity index (χ3n) is 4.08. The number of carbonyl (C=O) groups is 1. The van der Waals surface area contributed by atoms with Crippen molar-refractivity contribution in [1.82, 2.24) is 9.99 Å². The molecule has 1 fully saturated rings. The number of halogens is 1. The van der Waals surface area contributed by atoms with E-state index in [1.54, 1.807) is 30.5 Å². The molecule has 1 aromatic carbocycles. The lowest BCUT2D eigenvalue weighted by Crippen LogP contribution is -2.24. The van der Waals surface area contributed by atoms with Gasteiger partial charge in [0.1, 0.15) is 5.75 Å². The van der Waals surface area contributed by atoms with Crippen molar-refractivity contribution in [2.24, 2.45) is 5.10 Å². The summed E-state index contributed by atoms with van der Waals surface area (Å²) in [5, 5.41) is 4.44. The molecule has 1 saturated carbocycles. The van der Waals surface area contributed by atoms with Gasteiger partial charge < -0.3 is 9.30 Å². The molecular formula is C18H20ClN3O2. The van der Waals surface area contributed by atoms with Gasteiger partial charge in [0.05, 0.1) is 11.2 Å². The first kappa shape index (κ1) is 16.6. The number of ether oxygens (including phenoxy) is 1. The van der Waals surface area contributed by atoms with Crippen LogP contribution in [-0.2, 0) is 4.79 Å². The number of aromatic nitrogens is 1. The number of amides is 1. The highest BCUT2D eigenvalue weighted by Gasteiger charge is 2.15. The molecular weight excluding hydrogens is 326 g/mol. The molecule has 1 amide bonds. The van der Waals surface area contributed by atoms with Gasteiger partial charge in [0.25, 0.3) is 5.91 Å². The Hall–Kier alpha value is -2.27. The Morgan fingerprint density at radius 2 is 2.12 bits per heavy atom. The number of benzene rings is 1. The predicted molar refractivity (Wildman–Crippen MR) is 94.6 cm³/mol. The van der Waals surface area contributed by atoms with Crippen molar-refractivity contribution in [2.45, 2.75) is 31.7 Å². The Kier molecular flexibility index (Phi) is 5.54. The van der Waals surface area contributed by atoms with Crippen LogP contribution in [0.5, 0.6) is 5.75 Å². The van der Waals surface area contributed by atoms with Crippen LogP contribution in [-0.4, -0.2) is 23.3 Å². The maximum absolute atomic E-state index is 11.7. The SMILES string of the molecule is O=C(COc1ccccc1Cl)N/N=C/c1ccn(C2CCCC2)c1. The lowest BCUT2D eigenvalue weighted by Gasteiger charge is -2.10. The molecule has 3 rings (SSSR count). The average Bonchev–Trinajstić information content (AvgIpc) is 3.25. The highest BCUT2D eigenvalue weighted by atomic mass is 35.5. The van der Waals surface area contributed by atoms with E-state index in [1.165, 1.54) is 25.7 Å². The van der Waals surface area contributed by atoms with E-state index in [0.717, 1.165) is 5.56 Å². The minimum atomic E-state index is -0.332. The molecule has 1 aromatic heterocycles. The van der Waals surface area contributed by atoms with Gasteiger partial charge in [0.15, 0.2) is 6.61 Å². The summed E-state index contributed by atoms with van der Waals surface area (Å²) in [7, 11) is 0. The zero-order chi connectivity index (χ0) is 16.8. The van der Waals surface area contributed by atoms with E-state index in [-0.39, 0.29) is 12.5 Å². The van der Waals surface area contributed by atoms with Crippen LogP contribution in [0.15, 0.2) is 47.8 Å². The van der Waals surface area contributed by atoms with E-state index < -0.39 is 0 Å². The molecule has 0 aliphatic heterocycles. The van der Waals surface area contributed by atoms with E-state index in [4.69, 9.17) is 16.3 Å². The molecule has 24 heavy (non-hydrogen) atoms. The van der Waals surface area contributed by atoms with Gasteiger partial charge in [-0.3, -0.25) is 4.79 Å². The number of nitrogens with one attached hydrogen (secondary N) is 1. The summed E-state index contributed by atoms with van der Waals surface area (Å²) < 4.78 is 7.58. The van der Waals surface area contributed by atoms with Crippen LogP contribution in [0.1, 0.15) is 37.3 Å². The van der Waals surface area contributed by atoms with Gasteiger partial charge in [-0.1, -0.05) is 36.6 Å². The summed E-state index contributed by atoms with van der Waals surface area (Å²) in [6.07, 6.45) is 10.8. The van der Waals surface area contributed by atoms with Crippen molar-refractivity contribution in [3.05, 3.63) is 53.3 Å². The number of rotatable bonds is 6. The molecule has 1 aliphatic carbocycles.